The molecule has 0 aliphatic rings. The predicted octanol–water partition coefficient (Wildman–Crippen LogP) is 1.95. The molecule has 0 aliphatic heterocycles. The molecule has 68 valence electrons. The molecule has 0 aromatic carbocycles. The summed E-state index contributed by atoms with van der Waals surface area (Å²) in [6.45, 7) is 8.86. The van der Waals surface area contributed by atoms with E-state index < -0.39 is 0 Å². The van der Waals surface area contributed by atoms with Gasteiger partial charge in [-0.2, -0.15) is 0 Å². The molecular formula is C8H18INO. The minimum atomic E-state index is -0.0663. The molecule has 0 saturated heterocycles. The van der Waals surface area contributed by atoms with Gasteiger partial charge in [-0.1, -0.05) is 29.5 Å². The Labute approximate surface area is 83.0 Å². The number of hydrogen-bond acceptors (Lipinski definition) is 2. The third-order valence-electron chi connectivity index (χ3n) is 1.30. The van der Waals surface area contributed by atoms with Gasteiger partial charge in [-0.3, -0.25) is 0 Å². The molecule has 0 heterocycles. The lowest BCUT2D eigenvalue weighted by Crippen LogP contribution is -2.36. The highest BCUT2D eigenvalue weighted by Crippen LogP contribution is 2.10. The van der Waals surface area contributed by atoms with Crippen molar-refractivity contribution in [3.8, 4) is 0 Å². The van der Waals surface area contributed by atoms with Crippen LogP contribution in [0.25, 0.3) is 0 Å². The highest BCUT2D eigenvalue weighted by Gasteiger charge is 2.15. The quantitative estimate of drug-likeness (QED) is 0.629. The summed E-state index contributed by atoms with van der Waals surface area (Å²) >= 11 is 2.31. The van der Waals surface area contributed by atoms with Crippen LogP contribution in [0.2, 0.25) is 0 Å². The van der Waals surface area contributed by atoms with Crippen LogP contribution in [0.5, 0.6) is 0 Å². The van der Waals surface area contributed by atoms with E-state index in [1.807, 2.05) is 20.8 Å². The zero-order valence-corrected chi connectivity index (χ0v) is 9.88. The van der Waals surface area contributed by atoms with Crippen LogP contribution in [0.4, 0.5) is 0 Å². The summed E-state index contributed by atoms with van der Waals surface area (Å²) < 4.78 is 5.99. The molecule has 2 N–H and O–H groups in total. The van der Waals surface area contributed by atoms with E-state index in [2.05, 4.69) is 29.5 Å². The molecule has 0 spiro atoms. The zero-order chi connectivity index (χ0) is 9.07. The van der Waals surface area contributed by atoms with E-state index in [0.29, 0.717) is 10.5 Å². The summed E-state index contributed by atoms with van der Waals surface area (Å²) in [6.07, 6.45) is 0. The molecular weight excluding hydrogens is 253 g/mol. The maximum absolute atomic E-state index is 5.79. The summed E-state index contributed by atoms with van der Waals surface area (Å²) in [6, 6.07) is 0.148. The first kappa shape index (κ1) is 11.6. The van der Waals surface area contributed by atoms with Gasteiger partial charge in [-0.25, -0.2) is 0 Å². The Hall–Kier alpha value is 0.650. The topological polar surface area (TPSA) is 35.2 Å². The summed E-state index contributed by atoms with van der Waals surface area (Å²) in [7, 11) is 0. The first-order valence-electron chi connectivity index (χ1n) is 3.86. The molecule has 0 fully saturated rings. The molecule has 0 aliphatic carbocycles. The first-order valence-corrected chi connectivity index (χ1v) is 5.11. The predicted molar refractivity (Wildman–Crippen MR) is 57.2 cm³/mol. The number of nitrogens with two attached hydrogens (primary N) is 1. The standard InChI is InChI=1S/C8H18INO/c1-6(9)7(10)5-11-8(2,3)4/h6-7H,5,10H2,1-4H3. The number of alkyl halides is 1. The molecule has 2 unspecified atom stereocenters. The highest BCUT2D eigenvalue weighted by atomic mass is 127. The van der Waals surface area contributed by atoms with Crippen molar-refractivity contribution in [3.05, 3.63) is 0 Å². The van der Waals surface area contributed by atoms with Crippen LogP contribution in [0.1, 0.15) is 27.7 Å². The number of rotatable bonds is 3. The molecule has 0 bridgehead atoms. The van der Waals surface area contributed by atoms with E-state index in [1.54, 1.807) is 0 Å². The zero-order valence-electron chi connectivity index (χ0n) is 7.73. The van der Waals surface area contributed by atoms with Crippen LogP contribution in [0, 0.1) is 0 Å². The molecule has 2 atom stereocenters. The molecule has 11 heavy (non-hydrogen) atoms. The molecule has 0 radical (unpaired) electrons. The Morgan fingerprint density at radius 2 is 1.91 bits per heavy atom. The van der Waals surface area contributed by atoms with Crippen molar-refractivity contribution >= 4 is 22.6 Å². The monoisotopic (exact) mass is 271 g/mol. The van der Waals surface area contributed by atoms with E-state index in [0.717, 1.165) is 0 Å². The van der Waals surface area contributed by atoms with Crippen LogP contribution >= 0.6 is 22.6 Å². The Balaban J connectivity index is 3.54. The SMILES string of the molecule is CC(I)C(N)COC(C)(C)C. The smallest absolute Gasteiger partial charge is 0.0634 e. The van der Waals surface area contributed by atoms with Crippen molar-refractivity contribution in [3.63, 3.8) is 0 Å². The molecule has 0 rings (SSSR count). The average Bonchev–Trinajstić information content (AvgIpc) is 1.80. The van der Waals surface area contributed by atoms with Gasteiger partial charge in [0.15, 0.2) is 0 Å². The molecule has 2 nitrogen and oxygen atoms in total. The minimum absolute atomic E-state index is 0.0663. The molecule has 0 amide bonds. The summed E-state index contributed by atoms with van der Waals surface area (Å²) in [5.74, 6) is 0. The van der Waals surface area contributed by atoms with Gasteiger partial charge >= 0.3 is 0 Å². The van der Waals surface area contributed by atoms with Gasteiger partial charge < -0.3 is 10.5 Å². The van der Waals surface area contributed by atoms with Gasteiger partial charge in [0.2, 0.25) is 0 Å². The lowest BCUT2D eigenvalue weighted by atomic mass is 10.2. The Kier molecular flexibility index (Phi) is 4.89. The Morgan fingerprint density at radius 1 is 1.45 bits per heavy atom. The molecule has 0 aromatic heterocycles. The van der Waals surface area contributed by atoms with Crippen molar-refractivity contribution in [2.75, 3.05) is 6.61 Å². The van der Waals surface area contributed by atoms with E-state index >= 15 is 0 Å². The minimum Gasteiger partial charge on any atom is -0.374 e. The van der Waals surface area contributed by atoms with Crippen molar-refractivity contribution in [2.24, 2.45) is 5.73 Å². The third kappa shape index (κ3) is 7.03. The van der Waals surface area contributed by atoms with Crippen LogP contribution in [0.15, 0.2) is 0 Å². The van der Waals surface area contributed by atoms with Gasteiger partial charge in [0, 0.05) is 9.97 Å². The summed E-state index contributed by atoms with van der Waals surface area (Å²) in [5.41, 5.74) is 5.72. The second-order valence-electron chi connectivity index (χ2n) is 3.76. The van der Waals surface area contributed by atoms with Crippen molar-refractivity contribution in [1.82, 2.24) is 0 Å². The fourth-order valence-corrected chi connectivity index (χ4v) is 0.686. The molecule has 3 heteroatoms. The normalized spacial score (nSPS) is 18.0. The maximum Gasteiger partial charge on any atom is 0.0634 e. The second kappa shape index (κ2) is 4.62. The van der Waals surface area contributed by atoms with Crippen LogP contribution < -0.4 is 5.73 Å². The van der Waals surface area contributed by atoms with Crippen molar-refractivity contribution in [1.29, 1.82) is 0 Å². The van der Waals surface area contributed by atoms with Crippen LogP contribution in [-0.4, -0.2) is 22.2 Å². The lowest BCUT2D eigenvalue weighted by Gasteiger charge is -2.23. The van der Waals surface area contributed by atoms with Gasteiger partial charge in [-0.15, -0.1) is 0 Å². The van der Waals surface area contributed by atoms with Gasteiger partial charge in [0.05, 0.1) is 12.2 Å². The maximum atomic E-state index is 5.79. The van der Waals surface area contributed by atoms with E-state index in [-0.39, 0.29) is 11.6 Å². The van der Waals surface area contributed by atoms with Gasteiger partial charge in [-0.05, 0) is 20.8 Å². The van der Waals surface area contributed by atoms with Crippen LogP contribution in [-0.2, 0) is 4.74 Å². The Bertz CT molecular complexity index is 109. The number of ether oxygens (including phenoxy) is 1. The van der Waals surface area contributed by atoms with E-state index in [9.17, 15) is 0 Å². The third-order valence-corrected chi connectivity index (χ3v) is 2.22. The number of halogens is 1. The average molecular weight is 271 g/mol. The highest BCUT2D eigenvalue weighted by molar-refractivity contribution is 14.1. The number of hydrogen-bond donors (Lipinski definition) is 1. The molecule has 0 saturated carbocycles. The fraction of sp³-hybridized carbons (Fsp3) is 1.00. The first-order chi connectivity index (χ1) is 4.83. The lowest BCUT2D eigenvalue weighted by molar-refractivity contribution is -0.00919. The van der Waals surface area contributed by atoms with Crippen molar-refractivity contribution < 1.29 is 4.74 Å². The summed E-state index contributed by atoms with van der Waals surface area (Å²) in [5, 5.41) is 0. The largest absolute Gasteiger partial charge is 0.374 e. The fourth-order valence-electron chi connectivity index (χ4n) is 0.479. The van der Waals surface area contributed by atoms with E-state index in [1.165, 1.54) is 0 Å². The Morgan fingerprint density at radius 3 is 2.18 bits per heavy atom. The van der Waals surface area contributed by atoms with E-state index in [4.69, 9.17) is 10.5 Å². The van der Waals surface area contributed by atoms with Crippen molar-refractivity contribution in [2.45, 2.75) is 43.3 Å². The van der Waals surface area contributed by atoms with Crippen LogP contribution in [0.3, 0.4) is 0 Å². The molecule has 0 aromatic rings. The van der Waals surface area contributed by atoms with Gasteiger partial charge in [0.25, 0.3) is 0 Å². The second-order valence-corrected chi connectivity index (χ2v) is 5.73. The van der Waals surface area contributed by atoms with Gasteiger partial charge in [0.1, 0.15) is 0 Å². The summed E-state index contributed by atoms with van der Waals surface area (Å²) in [4.78, 5) is 0.